The summed E-state index contributed by atoms with van der Waals surface area (Å²) in [6.07, 6.45) is 4.41. The Morgan fingerprint density at radius 2 is 1.86 bits per heavy atom. The highest BCUT2D eigenvalue weighted by Crippen LogP contribution is 2.33. The molecule has 2 nitrogen and oxygen atoms in total. The minimum Gasteiger partial charge on any atom is -0.468 e. The van der Waals surface area contributed by atoms with Crippen molar-refractivity contribution in [3.8, 4) is 0 Å². The summed E-state index contributed by atoms with van der Waals surface area (Å²) in [5, 5.41) is 1.44. The molecule has 1 aliphatic heterocycles. The van der Waals surface area contributed by atoms with Crippen LogP contribution in [-0.4, -0.2) is 26.6 Å². The van der Waals surface area contributed by atoms with Gasteiger partial charge in [0.2, 0.25) is 0 Å². The number of halogens is 1. The van der Waals surface area contributed by atoms with Gasteiger partial charge < -0.3 is 4.42 Å². The first kappa shape index (κ1) is 15.5. The van der Waals surface area contributed by atoms with Crippen LogP contribution >= 0.6 is 0 Å². The number of benzene rings is 1. The first-order valence-electron chi connectivity index (χ1n) is 8.15. The fraction of sp³-hybridized carbons (Fsp3) is 0.444. The molecule has 2 aromatic rings. The lowest BCUT2D eigenvalue weighted by Gasteiger charge is -2.29. The van der Waals surface area contributed by atoms with Crippen LogP contribution in [0.2, 0.25) is 18.1 Å². The van der Waals surface area contributed by atoms with Crippen LogP contribution in [0.15, 0.2) is 47.1 Å². The zero-order chi connectivity index (χ0) is 15.4. The molecule has 1 fully saturated rings. The van der Waals surface area contributed by atoms with E-state index in [2.05, 4.69) is 11.9 Å². The van der Waals surface area contributed by atoms with Crippen LogP contribution in [0.4, 0.5) is 4.39 Å². The van der Waals surface area contributed by atoms with Gasteiger partial charge in [-0.3, -0.25) is 4.90 Å². The largest absolute Gasteiger partial charge is 0.468 e. The molecule has 0 radical (unpaired) electrons. The molecule has 1 saturated heterocycles. The van der Waals surface area contributed by atoms with E-state index in [1.54, 1.807) is 18.4 Å². The van der Waals surface area contributed by atoms with Crippen molar-refractivity contribution in [1.82, 2.24) is 4.90 Å². The Morgan fingerprint density at radius 1 is 1.14 bits per heavy atom. The van der Waals surface area contributed by atoms with Crippen LogP contribution < -0.4 is 5.19 Å². The van der Waals surface area contributed by atoms with Crippen LogP contribution in [-0.2, 0) is 6.54 Å². The molecule has 0 N–H and O–H groups in total. The van der Waals surface area contributed by atoms with Crippen LogP contribution in [0.1, 0.15) is 18.6 Å². The molecule has 1 aromatic carbocycles. The van der Waals surface area contributed by atoms with Gasteiger partial charge in [0, 0.05) is 0 Å². The van der Waals surface area contributed by atoms with Crippen molar-refractivity contribution in [2.45, 2.75) is 37.5 Å². The number of nitrogens with zero attached hydrogens (tertiary/aromatic N) is 1. The van der Waals surface area contributed by atoms with Gasteiger partial charge in [0.25, 0.3) is 0 Å². The van der Waals surface area contributed by atoms with Gasteiger partial charge in [-0.15, -0.1) is 0 Å². The first-order chi connectivity index (χ1) is 10.7. The zero-order valence-corrected chi connectivity index (χ0v) is 14.2. The lowest BCUT2D eigenvalue weighted by molar-refractivity contribution is 0.308. The minimum atomic E-state index is -1.43. The zero-order valence-electron chi connectivity index (χ0n) is 13.2. The van der Waals surface area contributed by atoms with Crippen LogP contribution in [0, 0.1) is 5.82 Å². The Bertz CT molecular complexity index is 576. The summed E-state index contributed by atoms with van der Waals surface area (Å²) in [5.41, 5.74) is 0. The minimum absolute atomic E-state index is 0.124. The average molecular weight is 317 g/mol. The molecule has 1 aromatic heterocycles. The predicted octanol–water partition coefficient (Wildman–Crippen LogP) is 4.00. The van der Waals surface area contributed by atoms with E-state index >= 15 is 0 Å². The van der Waals surface area contributed by atoms with E-state index in [1.165, 1.54) is 36.2 Å². The lowest BCUT2D eigenvalue weighted by atomic mass is 10.3. The van der Waals surface area contributed by atoms with Gasteiger partial charge in [0.1, 0.15) is 11.6 Å². The molecule has 0 saturated carbocycles. The monoisotopic (exact) mass is 317 g/mol. The summed E-state index contributed by atoms with van der Waals surface area (Å²) in [4.78, 5) is 2.34. The van der Waals surface area contributed by atoms with Gasteiger partial charge >= 0.3 is 0 Å². The number of hydrogen-bond acceptors (Lipinski definition) is 2. The molecule has 118 valence electrons. The maximum absolute atomic E-state index is 13.2. The van der Waals surface area contributed by atoms with Crippen molar-refractivity contribution in [2.75, 3.05) is 13.6 Å². The molecule has 0 aliphatic carbocycles. The molecule has 0 spiro atoms. The number of furan rings is 1. The van der Waals surface area contributed by atoms with E-state index in [1.807, 2.05) is 24.3 Å². The standard InChI is InChI=1S/C18H24FNOSi/c1-20(15-17-5-4-11-21-17)10-14-22(12-2-3-13-22)18-8-6-16(19)7-9-18/h4-9,11H,2-3,10,12-15H2,1H3. The average Bonchev–Trinajstić information content (AvgIpc) is 3.18. The number of hydrogen-bond donors (Lipinski definition) is 0. The molecule has 0 amide bonds. The molecular weight excluding hydrogens is 293 g/mol. The van der Waals surface area contributed by atoms with Gasteiger partial charge in [0.05, 0.1) is 20.9 Å². The Kier molecular flexibility index (Phi) is 4.79. The highest BCUT2D eigenvalue weighted by Gasteiger charge is 2.37. The molecular formula is C18H24FNOSi. The van der Waals surface area contributed by atoms with Crippen LogP contribution in [0.3, 0.4) is 0 Å². The summed E-state index contributed by atoms with van der Waals surface area (Å²) in [7, 11) is 0.723. The van der Waals surface area contributed by atoms with Crippen molar-refractivity contribution < 1.29 is 8.81 Å². The third-order valence-corrected chi connectivity index (χ3v) is 10.4. The molecule has 1 aliphatic rings. The second-order valence-corrected chi connectivity index (χ2v) is 11.2. The molecule has 3 rings (SSSR count). The van der Waals surface area contributed by atoms with Crippen molar-refractivity contribution >= 4 is 13.3 Å². The predicted molar refractivity (Wildman–Crippen MR) is 90.5 cm³/mol. The molecule has 0 unspecified atom stereocenters. The Balaban J connectivity index is 1.65. The topological polar surface area (TPSA) is 16.4 Å². The molecule has 4 heteroatoms. The summed E-state index contributed by atoms with van der Waals surface area (Å²) in [6, 6.07) is 15.3. The highest BCUT2D eigenvalue weighted by atomic mass is 28.3. The number of rotatable bonds is 6. The highest BCUT2D eigenvalue weighted by molar-refractivity contribution is 6.92. The van der Waals surface area contributed by atoms with E-state index in [0.717, 1.165) is 18.8 Å². The van der Waals surface area contributed by atoms with Crippen molar-refractivity contribution in [3.63, 3.8) is 0 Å². The van der Waals surface area contributed by atoms with Gasteiger partial charge in [-0.1, -0.05) is 42.2 Å². The Morgan fingerprint density at radius 3 is 2.50 bits per heavy atom. The first-order valence-corrected chi connectivity index (χ1v) is 10.8. The van der Waals surface area contributed by atoms with Gasteiger partial charge in [-0.2, -0.15) is 0 Å². The molecule has 0 bridgehead atoms. The molecule has 22 heavy (non-hydrogen) atoms. The Labute approximate surface area is 133 Å². The van der Waals surface area contributed by atoms with Gasteiger partial charge in [-0.25, -0.2) is 4.39 Å². The van der Waals surface area contributed by atoms with Crippen LogP contribution in [0.25, 0.3) is 0 Å². The van der Waals surface area contributed by atoms with Gasteiger partial charge in [0.15, 0.2) is 0 Å². The van der Waals surface area contributed by atoms with E-state index < -0.39 is 8.07 Å². The SMILES string of the molecule is CN(CC[Si]1(c2ccc(F)cc2)CCCC1)Cc1ccco1. The maximum atomic E-state index is 13.2. The second-order valence-electron chi connectivity index (χ2n) is 6.56. The summed E-state index contributed by atoms with van der Waals surface area (Å²) in [6.45, 7) is 1.95. The Hall–Kier alpha value is -1.39. The van der Waals surface area contributed by atoms with Crippen molar-refractivity contribution in [2.24, 2.45) is 0 Å². The third kappa shape index (κ3) is 3.50. The van der Waals surface area contributed by atoms with Crippen molar-refractivity contribution in [3.05, 3.63) is 54.2 Å². The quantitative estimate of drug-likeness (QED) is 0.749. The summed E-state index contributed by atoms with van der Waals surface area (Å²) < 4.78 is 18.6. The smallest absolute Gasteiger partial charge is 0.123 e. The molecule has 0 atom stereocenters. The van der Waals surface area contributed by atoms with Crippen LogP contribution in [0.5, 0.6) is 0 Å². The van der Waals surface area contributed by atoms with E-state index in [0.29, 0.717) is 0 Å². The van der Waals surface area contributed by atoms with Crippen molar-refractivity contribution in [1.29, 1.82) is 0 Å². The van der Waals surface area contributed by atoms with E-state index in [-0.39, 0.29) is 5.82 Å². The fourth-order valence-electron chi connectivity index (χ4n) is 3.69. The van der Waals surface area contributed by atoms with Gasteiger partial charge in [-0.05, 0) is 43.9 Å². The van der Waals surface area contributed by atoms with E-state index in [9.17, 15) is 4.39 Å². The maximum Gasteiger partial charge on any atom is 0.123 e. The lowest BCUT2D eigenvalue weighted by Crippen LogP contribution is -2.46. The van der Waals surface area contributed by atoms with E-state index in [4.69, 9.17) is 4.42 Å². The second kappa shape index (κ2) is 6.80. The molecule has 2 heterocycles. The summed E-state index contributed by atoms with van der Waals surface area (Å²) in [5.74, 6) is 0.896. The summed E-state index contributed by atoms with van der Waals surface area (Å²) >= 11 is 0. The normalized spacial score (nSPS) is 17.2. The fourth-order valence-corrected chi connectivity index (χ4v) is 8.84. The third-order valence-electron chi connectivity index (χ3n) is 5.00.